The molecule has 0 aliphatic carbocycles. The topological polar surface area (TPSA) is 27.7 Å². The molecule has 0 bridgehead atoms. The first-order chi connectivity index (χ1) is 6.33. The monoisotopic (exact) mass is 244 g/mol. The highest BCUT2D eigenvalue weighted by Crippen LogP contribution is 2.42. The van der Waals surface area contributed by atoms with Crippen molar-refractivity contribution in [1.29, 1.82) is 0 Å². The normalized spacial score (nSPS) is 14.0. The van der Waals surface area contributed by atoms with Crippen molar-refractivity contribution < 1.29 is 14.2 Å². The summed E-state index contributed by atoms with van der Waals surface area (Å²) in [7, 11) is 1.62. The number of halogens is 1. The zero-order valence-electron chi connectivity index (χ0n) is 7.17. The van der Waals surface area contributed by atoms with E-state index in [-0.39, 0.29) is 0 Å². The largest absolute Gasteiger partial charge is 0.495 e. The van der Waals surface area contributed by atoms with E-state index >= 15 is 0 Å². The standard InChI is InChI=1S/C9H9BrO3/c1-11-6-2-3-7-9(8(6)10)13-5-4-12-7/h2-3H,4-5H2,1H3. The molecule has 0 saturated heterocycles. The Morgan fingerprint density at radius 2 is 2.08 bits per heavy atom. The van der Waals surface area contributed by atoms with E-state index in [1.165, 1.54) is 0 Å². The van der Waals surface area contributed by atoms with Crippen LogP contribution in [0.25, 0.3) is 0 Å². The molecule has 0 N–H and O–H groups in total. The van der Waals surface area contributed by atoms with Gasteiger partial charge in [-0.25, -0.2) is 0 Å². The second-order valence-electron chi connectivity index (χ2n) is 2.61. The average molecular weight is 245 g/mol. The molecular formula is C9H9BrO3. The van der Waals surface area contributed by atoms with Gasteiger partial charge in [0.25, 0.3) is 0 Å². The first-order valence-electron chi connectivity index (χ1n) is 3.95. The van der Waals surface area contributed by atoms with E-state index in [2.05, 4.69) is 15.9 Å². The Bertz CT molecular complexity index is 325. The molecule has 1 aliphatic rings. The highest BCUT2D eigenvalue weighted by atomic mass is 79.9. The summed E-state index contributed by atoms with van der Waals surface area (Å²) >= 11 is 3.40. The molecule has 0 spiro atoms. The Balaban J connectivity index is 2.48. The Hall–Kier alpha value is -0.900. The molecule has 1 aromatic carbocycles. The van der Waals surface area contributed by atoms with Gasteiger partial charge in [-0.2, -0.15) is 0 Å². The van der Waals surface area contributed by atoms with Crippen LogP contribution in [-0.2, 0) is 0 Å². The smallest absolute Gasteiger partial charge is 0.179 e. The van der Waals surface area contributed by atoms with Crippen LogP contribution in [0.3, 0.4) is 0 Å². The molecule has 13 heavy (non-hydrogen) atoms. The molecule has 1 aromatic rings. The third-order valence-electron chi connectivity index (χ3n) is 1.83. The SMILES string of the molecule is COc1ccc2c(c1Br)OCCO2. The summed E-state index contributed by atoms with van der Waals surface area (Å²) in [6, 6.07) is 3.69. The molecule has 1 aliphatic heterocycles. The highest BCUT2D eigenvalue weighted by molar-refractivity contribution is 9.10. The van der Waals surface area contributed by atoms with E-state index in [9.17, 15) is 0 Å². The molecule has 0 atom stereocenters. The fourth-order valence-electron chi connectivity index (χ4n) is 1.22. The minimum Gasteiger partial charge on any atom is -0.495 e. The number of benzene rings is 1. The Kier molecular flexibility index (Phi) is 2.31. The lowest BCUT2D eigenvalue weighted by molar-refractivity contribution is 0.169. The van der Waals surface area contributed by atoms with Crippen molar-refractivity contribution in [2.24, 2.45) is 0 Å². The fourth-order valence-corrected chi connectivity index (χ4v) is 1.83. The van der Waals surface area contributed by atoms with Gasteiger partial charge >= 0.3 is 0 Å². The van der Waals surface area contributed by atoms with E-state index in [0.29, 0.717) is 13.2 Å². The number of hydrogen-bond acceptors (Lipinski definition) is 3. The van der Waals surface area contributed by atoms with Gasteiger partial charge in [-0.15, -0.1) is 0 Å². The summed E-state index contributed by atoms with van der Waals surface area (Å²) in [4.78, 5) is 0. The van der Waals surface area contributed by atoms with Gasteiger partial charge in [-0.3, -0.25) is 0 Å². The number of fused-ring (bicyclic) bond motifs is 1. The molecule has 1 heterocycles. The van der Waals surface area contributed by atoms with Crippen LogP contribution in [0.2, 0.25) is 0 Å². The Labute approximate surface area is 84.7 Å². The summed E-state index contributed by atoms with van der Waals surface area (Å²) in [6.07, 6.45) is 0. The van der Waals surface area contributed by atoms with Gasteiger partial charge in [0.05, 0.1) is 7.11 Å². The number of hydrogen-bond donors (Lipinski definition) is 0. The Morgan fingerprint density at radius 3 is 2.85 bits per heavy atom. The third kappa shape index (κ3) is 1.46. The minimum atomic E-state index is 0.582. The summed E-state index contributed by atoms with van der Waals surface area (Å²) < 4.78 is 16.8. The van der Waals surface area contributed by atoms with Gasteiger partial charge in [-0.1, -0.05) is 0 Å². The summed E-state index contributed by atoms with van der Waals surface area (Å²) in [5.41, 5.74) is 0. The summed E-state index contributed by atoms with van der Waals surface area (Å²) in [6.45, 7) is 1.19. The van der Waals surface area contributed by atoms with E-state index in [0.717, 1.165) is 21.7 Å². The van der Waals surface area contributed by atoms with Crippen molar-refractivity contribution in [2.75, 3.05) is 20.3 Å². The third-order valence-corrected chi connectivity index (χ3v) is 2.58. The second kappa shape index (κ2) is 3.46. The number of ether oxygens (including phenoxy) is 3. The van der Waals surface area contributed by atoms with Gasteiger partial charge in [0.15, 0.2) is 11.5 Å². The van der Waals surface area contributed by atoms with E-state index in [1.54, 1.807) is 7.11 Å². The van der Waals surface area contributed by atoms with Crippen molar-refractivity contribution in [1.82, 2.24) is 0 Å². The van der Waals surface area contributed by atoms with Crippen molar-refractivity contribution >= 4 is 15.9 Å². The average Bonchev–Trinajstić information content (AvgIpc) is 2.19. The van der Waals surface area contributed by atoms with Crippen molar-refractivity contribution in [2.45, 2.75) is 0 Å². The lowest BCUT2D eigenvalue weighted by atomic mass is 10.3. The molecule has 0 saturated carbocycles. The van der Waals surface area contributed by atoms with Gasteiger partial charge in [0, 0.05) is 0 Å². The molecule has 4 heteroatoms. The molecule has 0 aromatic heterocycles. The second-order valence-corrected chi connectivity index (χ2v) is 3.40. The van der Waals surface area contributed by atoms with Crippen LogP contribution >= 0.6 is 15.9 Å². The molecule has 0 radical (unpaired) electrons. The molecule has 0 amide bonds. The highest BCUT2D eigenvalue weighted by Gasteiger charge is 2.17. The van der Waals surface area contributed by atoms with Crippen molar-refractivity contribution in [3.05, 3.63) is 16.6 Å². The maximum atomic E-state index is 5.44. The quantitative estimate of drug-likeness (QED) is 0.759. The number of methoxy groups -OCH3 is 1. The number of rotatable bonds is 1. The zero-order valence-corrected chi connectivity index (χ0v) is 8.76. The predicted molar refractivity (Wildman–Crippen MR) is 51.7 cm³/mol. The van der Waals surface area contributed by atoms with Gasteiger partial charge in [-0.05, 0) is 28.1 Å². The minimum absolute atomic E-state index is 0.582. The van der Waals surface area contributed by atoms with Crippen LogP contribution in [0.15, 0.2) is 16.6 Å². The molecule has 70 valence electrons. The summed E-state index contributed by atoms with van der Waals surface area (Å²) in [5.74, 6) is 2.24. The molecule has 0 unspecified atom stereocenters. The van der Waals surface area contributed by atoms with E-state index in [1.807, 2.05) is 12.1 Å². The van der Waals surface area contributed by atoms with Crippen LogP contribution in [0.5, 0.6) is 17.2 Å². The lowest BCUT2D eigenvalue weighted by Crippen LogP contribution is -2.15. The predicted octanol–water partition coefficient (Wildman–Crippen LogP) is 2.23. The first kappa shape index (κ1) is 8.69. The van der Waals surface area contributed by atoms with Crippen LogP contribution in [0.1, 0.15) is 0 Å². The maximum Gasteiger partial charge on any atom is 0.179 e. The first-order valence-corrected chi connectivity index (χ1v) is 4.74. The van der Waals surface area contributed by atoms with E-state index < -0.39 is 0 Å². The van der Waals surface area contributed by atoms with Crippen LogP contribution < -0.4 is 14.2 Å². The van der Waals surface area contributed by atoms with Gasteiger partial charge < -0.3 is 14.2 Å². The molecule has 0 fully saturated rings. The van der Waals surface area contributed by atoms with Crippen molar-refractivity contribution in [3.63, 3.8) is 0 Å². The van der Waals surface area contributed by atoms with Gasteiger partial charge in [0.2, 0.25) is 0 Å². The lowest BCUT2D eigenvalue weighted by Gasteiger charge is -2.20. The zero-order chi connectivity index (χ0) is 9.26. The fraction of sp³-hybridized carbons (Fsp3) is 0.333. The van der Waals surface area contributed by atoms with Crippen LogP contribution in [-0.4, -0.2) is 20.3 Å². The van der Waals surface area contributed by atoms with Crippen molar-refractivity contribution in [3.8, 4) is 17.2 Å². The Morgan fingerprint density at radius 1 is 1.31 bits per heavy atom. The maximum absolute atomic E-state index is 5.44. The van der Waals surface area contributed by atoms with Crippen LogP contribution in [0.4, 0.5) is 0 Å². The summed E-state index contributed by atoms with van der Waals surface area (Å²) in [5, 5.41) is 0. The van der Waals surface area contributed by atoms with E-state index in [4.69, 9.17) is 14.2 Å². The molecule has 2 rings (SSSR count). The van der Waals surface area contributed by atoms with Crippen LogP contribution in [0, 0.1) is 0 Å². The molecule has 3 nitrogen and oxygen atoms in total. The molecular weight excluding hydrogens is 236 g/mol. The van der Waals surface area contributed by atoms with Gasteiger partial charge in [0.1, 0.15) is 23.4 Å².